The summed E-state index contributed by atoms with van der Waals surface area (Å²) in [6.07, 6.45) is 1.93. The minimum absolute atomic E-state index is 0.0648. The van der Waals surface area contributed by atoms with E-state index in [4.69, 9.17) is 16.3 Å². The number of ether oxygens (including phenoxy) is 1. The summed E-state index contributed by atoms with van der Waals surface area (Å²) >= 11 is 5.61. The Labute approximate surface area is 137 Å². The van der Waals surface area contributed by atoms with Crippen molar-refractivity contribution in [3.63, 3.8) is 0 Å². The van der Waals surface area contributed by atoms with E-state index in [1.165, 1.54) is 0 Å². The highest BCUT2D eigenvalue weighted by atomic mass is 35.5. The lowest BCUT2D eigenvalue weighted by atomic mass is 9.90. The van der Waals surface area contributed by atoms with Gasteiger partial charge in [-0.2, -0.15) is 0 Å². The number of hydrogen-bond donors (Lipinski definition) is 2. The first-order chi connectivity index (χ1) is 11.0. The SMILES string of the molecule is O=C(N[C@@H](c1cc(F)c(Cl)cc1F)C1COC1)C1C[C@H]2C[C@H]2N1. The normalized spacial score (nSPS) is 30.5. The molecule has 3 aliphatic rings. The third kappa shape index (κ3) is 2.84. The van der Waals surface area contributed by atoms with Crippen molar-refractivity contribution < 1.29 is 18.3 Å². The topological polar surface area (TPSA) is 50.4 Å². The van der Waals surface area contributed by atoms with Crippen molar-refractivity contribution in [2.45, 2.75) is 31.0 Å². The second-order valence-electron chi connectivity index (χ2n) is 6.63. The van der Waals surface area contributed by atoms with Crippen LogP contribution in [0.25, 0.3) is 0 Å². The van der Waals surface area contributed by atoms with Gasteiger partial charge < -0.3 is 15.4 Å². The van der Waals surface area contributed by atoms with Gasteiger partial charge in [0.2, 0.25) is 5.91 Å². The van der Waals surface area contributed by atoms with Gasteiger partial charge in [-0.3, -0.25) is 4.79 Å². The Balaban J connectivity index is 1.55. The second-order valence-corrected chi connectivity index (χ2v) is 7.04. The van der Waals surface area contributed by atoms with Crippen molar-refractivity contribution in [1.29, 1.82) is 0 Å². The average molecular weight is 343 g/mol. The summed E-state index contributed by atoms with van der Waals surface area (Å²) in [6.45, 7) is 0.829. The van der Waals surface area contributed by atoms with Crippen LogP contribution in [0.4, 0.5) is 8.78 Å². The van der Waals surface area contributed by atoms with Gasteiger partial charge in [0.25, 0.3) is 0 Å². The average Bonchev–Trinajstić information content (AvgIpc) is 3.06. The van der Waals surface area contributed by atoms with E-state index in [1.807, 2.05) is 0 Å². The highest BCUT2D eigenvalue weighted by Crippen LogP contribution is 2.41. The first kappa shape index (κ1) is 15.3. The molecule has 0 bridgehead atoms. The van der Waals surface area contributed by atoms with Crippen LogP contribution in [0.1, 0.15) is 24.4 Å². The fourth-order valence-electron chi connectivity index (χ4n) is 3.45. The van der Waals surface area contributed by atoms with Crippen LogP contribution in [0.5, 0.6) is 0 Å². The van der Waals surface area contributed by atoms with E-state index in [-0.39, 0.29) is 28.5 Å². The quantitative estimate of drug-likeness (QED) is 0.825. The number of fused-ring (bicyclic) bond motifs is 1. The number of carbonyl (C=O) groups is 1. The van der Waals surface area contributed by atoms with E-state index in [0.29, 0.717) is 25.2 Å². The summed E-state index contributed by atoms with van der Waals surface area (Å²) in [5.41, 5.74) is 0.122. The van der Waals surface area contributed by atoms with Crippen LogP contribution >= 0.6 is 11.6 Å². The van der Waals surface area contributed by atoms with Gasteiger partial charge >= 0.3 is 0 Å². The summed E-state index contributed by atoms with van der Waals surface area (Å²) in [5, 5.41) is 5.87. The highest BCUT2D eigenvalue weighted by Gasteiger charge is 2.48. The Kier molecular flexibility index (Phi) is 3.78. The number of hydrogen-bond acceptors (Lipinski definition) is 3. The molecule has 3 fully saturated rings. The summed E-state index contributed by atoms with van der Waals surface area (Å²) in [7, 11) is 0. The smallest absolute Gasteiger partial charge is 0.237 e. The molecule has 23 heavy (non-hydrogen) atoms. The van der Waals surface area contributed by atoms with Gasteiger partial charge in [0.05, 0.1) is 30.3 Å². The molecule has 1 unspecified atom stereocenters. The zero-order valence-corrected chi connectivity index (χ0v) is 13.1. The van der Waals surface area contributed by atoms with Crippen molar-refractivity contribution in [2.75, 3.05) is 13.2 Å². The zero-order chi connectivity index (χ0) is 16.1. The molecule has 1 aliphatic carbocycles. The lowest BCUT2D eigenvalue weighted by Gasteiger charge is -2.35. The number of halogens is 3. The third-order valence-corrected chi connectivity index (χ3v) is 5.29. The number of benzene rings is 1. The predicted molar refractivity (Wildman–Crippen MR) is 80.0 cm³/mol. The second kappa shape index (κ2) is 5.69. The van der Waals surface area contributed by atoms with Crippen LogP contribution in [0.2, 0.25) is 5.02 Å². The summed E-state index contributed by atoms with van der Waals surface area (Å²) < 4.78 is 33.1. The van der Waals surface area contributed by atoms with Gasteiger partial charge in [0.1, 0.15) is 11.6 Å². The van der Waals surface area contributed by atoms with Crippen LogP contribution in [0.3, 0.4) is 0 Å². The van der Waals surface area contributed by atoms with Gasteiger partial charge in [-0.15, -0.1) is 0 Å². The Morgan fingerprint density at radius 1 is 1.30 bits per heavy atom. The Morgan fingerprint density at radius 2 is 2.09 bits per heavy atom. The number of carbonyl (C=O) groups excluding carboxylic acids is 1. The number of nitrogens with one attached hydrogen (secondary N) is 2. The number of amides is 1. The lowest BCUT2D eigenvalue weighted by Crippen LogP contribution is -2.48. The first-order valence-corrected chi connectivity index (χ1v) is 8.19. The molecule has 4 nitrogen and oxygen atoms in total. The molecule has 7 heteroatoms. The van der Waals surface area contributed by atoms with Gasteiger partial charge in [0, 0.05) is 17.5 Å². The van der Waals surface area contributed by atoms with E-state index in [0.717, 1.165) is 25.0 Å². The minimum Gasteiger partial charge on any atom is -0.381 e. The zero-order valence-electron chi connectivity index (χ0n) is 12.3. The van der Waals surface area contributed by atoms with Crippen molar-refractivity contribution in [3.8, 4) is 0 Å². The van der Waals surface area contributed by atoms with E-state index in [9.17, 15) is 13.6 Å². The van der Waals surface area contributed by atoms with Gasteiger partial charge in [-0.25, -0.2) is 8.78 Å². The van der Waals surface area contributed by atoms with Gasteiger partial charge in [-0.05, 0) is 30.9 Å². The van der Waals surface area contributed by atoms with Crippen molar-refractivity contribution >= 4 is 17.5 Å². The van der Waals surface area contributed by atoms with E-state index >= 15 is 0 Å². The first-order valence-electron chi connectivity index (χ1n) is 7.81. The molecule has 0 aromatic heterocycles. The van der Waals surface area contributed by atoms with E-state index in [1.54, 1.807) is 0 Å². The number of piperidine rings is 1. The van der Waals surface area contributed by atoms with Crippen LogP contribution in [0, 0.1) is 23.5 Å². The standard InChI is InChI=1S/C16H17ClF2N2O2/c17-10-4-11(18)9(3-12(10)19)15(8-5-23-6-8)21-16(22)14-2-7-1-13(7)20-14/h3-4,7-8,13-15,20H,1-2,5-6H2,(H,21,22)/t7-,13-,14?,15-/m1/s1. The summed E-state index contributed by atoms with van der Waals surface area (Å²) in [5.74, 6) is -0.951. The molecular formula is C16H17ClF2N2O2. The van der Waals surface area contributed by atoms with Crippen LogP contribution in [-0.4, -0.2) is 31.2 Å². The monoisotopic (exact) mass is 342 g/mol. The maximum atomic E-state index is 14.2. The van der Waals surface area contributed by atoms with Gasteiger partial charge in [-0.1, -0.05) is 11.6 Å². The molecule has 2 aliphatic heterocycles. The highest BCUT2D eigenvalue weighted by molar-refractivity contribution is 6.30. The molecule has 1 aromatic rings. The fraction of sp³-hybridized carbons (Fsp3) is 0.562. The lowest BCUT2D eigenvalue weighted by molar-refractivity contribution is -0.126. The third-order valence-electron chi connectivity index (χ3n) is 5.00. The molecule has 4 rings (SSSR count). The van der Waals surface area contributed by atoms with Crippen LogP contribution in [0.15, 0.2) is 12.1 Å². The fourth-order valence-corrected chi connectivity index (χ4v) is 3.60. The Bertz CT molecular complexity index is 643. The molecule has 2 heterocycles. The summed E-state index contributed by atoms with van der Waals surface area (Å²) in [6, 6.07) is 1.61. The number of rotatable bonds is 4. The van der Waals surface area contributed by atoms with Crippen molar-refractivity contribution in [1.82, 2.24) is 10.6 Å². The molecular weight excluding hydrogens is 326 g/mol. The molecule has 124 valence electrons. The van der Waals surface area contributed by atoms with Crippen molar-refractivity contribution in [2.24, 2.45) is 11.8 Å². The molecule has 2 saturated heterocycles. The van der Waals surface area contributed by atoms with Crippen LogP contribution < -0.4 is 10.6 Å². The Morgan fingerprint density at radius 3 is 2.70 bits per heavy atom. The maximum Gasteiger partial charge on any atom is 0.237 e. The molecule has 2 N–H and O–H groups in total. The molecule has 4 atom stereocenters. The Hall–Kier alpha value is -1.24. The maximum absolute atomic E-state index is 14.2. The largest absolute Gasteiger partial charge is 0.381 e. The summed E-state index contributed by atoms with van der Waals surface area (Å²) in [4.78, 5) is 12.4. The van der Waals surface area contributed by atoms with Gasteiger partial charge in [0.15, 0.2) is 0 Å². The molecule has 1 amide bonds. The molecule has 0 spiro atoms. The molecule has 0 radical (unpaired) electrons. The van der Waals surface area contributed by atoms with Crippen molar-refractivity contribution in [3.05, 3.63) is 34.4 Å². The van der Waals surface area contributed by atoms with E-state index < -0.39 is 17.7 Å². The van der Waals surface area contributed by atoms with E-state index in [2.05, 4.69) is 10.6 Å². The molecule has 1 saturated carbocycles. The minimum atomic E-state index is -0.692. The predicted octanol–water partition coefficient (Wildman–Crippen LogP) is 2.17. The van der Waals surface area contributed by atoms with Crippen LogP contribution in [-0.2, 0) is 9.53 Å². The molecule has 1 aromatic carbocycles.